The third kappa shape index (κ3) is 4.57. The van der Waals surface area contributed by atoms with Gasteiger partial charge in [-0.3, -0.25) is 9.59 Å². The van der Waals surface area contributed by atoms with Crippen LogP contribution in [0.2, 0.25) is 0 Å². The molecule has 0 saturated heterocycles. The van der Waals surface area contributed by atoms with Gasteiger partial charge in [-0.25, -0.2) is 4.68 Å². The minimum absolute atomic E-state index is 0.0576. The summed E-state index contributed by atoms with van der Waals surface area (Å²) in [7, 11) is 3.26. The Morgan fingerprint density at radius 1 is 1.26 bits per heavy atom. The van der Waals surface area contributed by atoms with Crippen molar-refractivity contribution in [3.63, 3.8) is 0 Å². The van der Waals surface area contributed by atoms with Crippen LogP contribution in [-0.4, -0.2) is 53.2 Å². The van der Waals surface area contributed by atoms with Gasteiger partial charge >= 0.3 is 0 Å². The van der Waals surface area contributed by atoms with Crippen LogP contribution in [0.25, 0.3) is 5.69 Å². The van der Waals surface area contributed by atoms with E-state index in [4.69, 9.17) is 4.74 Å². The van der Waals surface area contributed by atoms with Crippen LogP contribution in [0.3, 0.4) is 0 Å². The van der Waals surface area contributed by atoms with E-state index >= 15 is 0 Å². The number of carbonyl (C=O) groups excluding carboxylic acids is 2. The van der Waals surface area contributed by atoms with E-state index in [1.165, 1.54) is 4.90 Å². The topological polar surface area (TPSA) is 76.5 Å². The Bertz CT molecular complexity index is 667. The zero-order chi connectivity index (χ0) is 16.8. The van der Waals surface area contributed by atoms with E-state index in [0.29, 0.717) is 5.88 Å². The number of aromatic nitrogens is 2. The van der Waals surface area contributed by atoms with Gasteiger partial charge < -0.3 is 15.0 Å². The third-order valence-corrected chi connectivity index (χ3v) is 3.16. The van der Waals surface area contributed by atoms with Gasteiger partial charge in [0.15, 0.2) is 6.10 Å². The molecule has 0 saturated carbocycles. The number of hydrogen-bond donors (Lipinski definition) is 1. The summed E-state index contributed by atoms with van der Waals surface area (Å²) < 4.78 is 7.16. The Morgan fingerprint density at radius 3 is 2.61 bits per heavy atom. The number of carbonyl (C=O) groups is 2. The van der Waals surface area contributed by atoms with Gasteiger partial charge in [-0.15, -0.1) is 5.10 Å². The summed E-state index contributed by atoms with van der Waals surface area (Å²) in [5.74, 6) is -0.205. The molecule has 1 aromatic carbocycles. The maximum absolute atomic E-state index is 11.9. The Kier molecular flexibility index (Phi) is 5.35. The second-order valence-corrected chi connectivity index (χ2v) is 5.20. The van der Waals surface area contributed by atoms with Gasteiger partial charge in [0.1, 0.15) is 0 Å². The molecule has 0 bridgehead atoms. The third-order valence-electron chi connectivity index (χ3n) is 3.16. The minimum Gasteiger partial charge on any atom is -0.463 e. The monoisotopic (exact) mass is 316 g/mol. The minimum atomic E-state index is -0.746. The molecular weight excluding hydrogens is 296 g/mol. The molecule has 2 aromatic rings. The van der Waals surface area contributed by atoms with E-state index < -0.39 is 6.10 Å². The molecule has 0 aliphatic heterocycles. The Balaban J connectivity index is 1.90. The predicted octanol–water partition coefficient (Wildman–Crippen LogP) is 0.844. The first-order valence-electron chi connectivity index (χ1n) is 7.23. The first-order chi connectivity index (χ1) is 11.0. The lowest BCUT2D eigenvalue weighted by atomic mass is 10.3. The van der Waals surface area contributed by atoms with Gasteiger partial charge in [-0.1, -0.05) is 18.2 Å². The summed E-state index contributed by atoms with van der Waals surface area (Å²) in [6, 6.07) is 11.3. The smallest absolute Gasteiger partial charge is 0.261 e. The van der Waals surface area contributed by atoms with Crippen molar-refractivity contribution in [1.29, 1.82) is 0 Å². The Morgan fingerprint density at radius 2 is 1.96 bits per heavy atom. The van der Waals surface area contributed by atoms with Gasteiger partial charge in [0, 0.05) is 26.4 Å². The molecule has 0 spiro atoms. The highest BCUT2D eigenvalue weighted by Gasteiger charge is 2.17. The van der Waals surface area contributed by atoms with Crippen molar-refractivity contribution in [2.24, 2.45) is 0 Å². The fourth-order valence-electron chi connectivity index (χ4n) is 1.79. The fourth-order valence-corrected chi connectivity index (χ4v) is 1.79. The number of para-hydroxylation sites is 1. The summed E-state index contributed by atoms with van der Waals surface area (Å²) in [6.45, 7) is 1.55. The summed E-state index contributed by atoms with van der Waals surface area (Å²) in [4.78, 5) is 24.8. The summed E-state index contributed by atoms with van der Waals surface area (Å²) in [5.41, 5.74) is 0.899. The molecule has 1 N–H and O–H groups in total. The molecule has 0 radical (unpaired) electrons. The Labute approximate surface area is 134 Å². The van der Waals surface area contributed by atoms with Crippen LogP contribution in [0, 0.1) is 0 Å². The fraction of sp³-hybridized carbons (Fsp3) is 0.312. The molecule has 0 aliphatic carbocycles. The van der Waals surface area contributed by atoms with Crippen LogP contribution in [0.4, 0.5) is 0 Å². The molecule has 23 heavy (non-hydrogen) atoms. The Hall–Kier alpha value is -2.83. The van der Waals surface area contributed by atoms with E-state index in [9.17, 15) is 9.59 Å². The maximum Gasteiger partial charge on any atom is 0.261 e. The molecule has 2 rings (SSSR count). The molecular formula is C16H20N4O3. The van der Waals surface area contributed by atoms with Crippen molar-refractivity contribution in [2.75, 3.05) is 20.6 Å². The highest BCUT2D eigenvalue weighted by molar-refractivity contribution is 5.86. The quantitative estimate of drug-likeness (QED) is 0.857. The number of ether oxygens (including phenoxy) is 1. The normalized spacial score (nSPS) is 11.6. The van der Waals surface area contributed by atoms with Gasteiger partial charge in [-0.2, -0.15) is 0 Å². The average Bonchev–Trinajstić information content (AvgIpc) is 3.01. The number of hydrogen-bond acceptors (Lipinski definition) is 4. The lowest BCUT2D eigenvalue weighted by Crippen LogP contribution is -2.42. The van der Waals surface area contributed by atoms with E-state index in [2.05, 4.69) is 10.4 Å². The first kappa shape index (κ1) is 16.5. The number of nitrogens with one attached hydrogen (secondary N) is 1. The molecule has 0 aliphatic rings. The highest BCUT2D eigenvalue weighted by atomic mass is 16.5. The molecule has 1 heterocycles. The van der Waals surface area contributed by atoms with Crippen molar-refractivity contribution in [1.82, 2.24) is 20.0 Å². The molecule has 2 amide bonds. The molecule has 0 fully saturated rings. The van der Waals surface area contributed by atoms with Crippen LogP contribution in [0.15, 0.2) is 42.6 Å². The lowest BCUT2D eigenvalue weighted by molar-refractivity contribution is -0.133. The van der Waals surface area contributed by atoms with Gasteiger partial charge in [0.25, 0.3) is 5.91 Å². The van der Waals surface area contributed by atoms with Crippen LogP contribution >= 0.6 is 0 Å². The van der Waals surface area contributed by atoms with Crippen molar-refractivity contribution in [3.05, 3.63) is 42.6 Å². The number of amides is 2. The van der Waals surface area contributed by atoms with Crippen molar-refractivity contribution in [3.8, 4) is 11.6 Å². The number of likely N-dealkylation sites (N-methyl/N-ethyl adjacent to an activating group) is 1. The van der Waals surface area contributed by atoms with E-state index in [-0.39, 0.29) is 18.4 Å². The van der Waals surface area contributed by atoms with Crippen molar-refractivity contribution >= 4 is 11.8 Å². The van der Waals surface area contributed by atoms with Crippen LogP contribution in [0.1, 0.15) is 6.92 Å². The van der Waals surface area contributed by atoms with Crippen LogP contribution < -0.4 is 10.1 Å². The molecule has 122 valence electrons. The largest absolute Gasteiger partial charge is 0.463 e. The number of nitrogens with zero attached hydrogens (tertiary/aromatic N) is 3. The molecule has 1 atom stereocenters. The zero-order valence-corrected chi connectivity index (χ0v) is 13.4. The summed E-state index contributed by atoms with van der Waals surface area (Å²) in [6.07, 6.45) is 1.01. The number of rotatable bonds is 6. The van der Waals surface area contributed by atoms with Crippen molar-refractivity contribution < 1.29 is 14.3 Å². The van der Waals surface area contributed by atoms with Crippen LogP contribution in [0.5, 0.6) is 5.88 Å². The van der Waals surface area contributed by atoms with E-state index in [1.807, 2.05) is 30.3 Å². The maximum atomic E-state index is 11.9. The zero-order valence-electron chi connectivity index (χ0n) is 13.4. The predicted molar refractivity (Wildman–Crippen MR) is 85.4 cm³/mol. The van der Waals surface area contributed by atoms with Gasteiger partial charge in [0.05, 0.1) is 12.2 Å². The molecule has 7 heteroatoms. The molecule has 7 nitrogen and oxygen atoms in total. The average molecular weight is 316 g/mol. The van der Waals surface area contributed by atoms with Crippen molar-refractivity contribution in [2.45, 2.75) is 13.0 Å². The molecule has 0 unspecified atom stereocenters. The summed E-state index contributed by atoms with van der Waals surface area (Å²) in [5, 5.41) is 6.80. The second-order valence-electron chi connectivity index (χ2n) is 5.20. The lowest BCUT2D eigenvalue weighted by Gasteiger charge is -2.14. The van der Waals surface area contributed by atoms with Gasteiger partial charge in [0.2, 0.25) is 11.8 Å². The van der Waals surface area contributed by atoms with Gasteiger partial charge in [-0.05, 0) is 19.1 Å². The summed E-state index contributed by atoms with van der Waals surface area (Å²) >= 11 is 0. The first-order valence-corrected chi connectivity index (χ1v) is 7.23. The standard InChI is InChI=1S/C16H20N4O3/c1-12(16(22)17-11-15(21)19(2)3)23-14-9-10-20(18-14)13-7-5-4-6-8-13/h4-10,12H,11H2,1-3H3,(H,17,22)/t12-/m0/s1. The van der Waals surface area contributed by atoms with Crippen LogP contribution in [-0.2, 0) is 9.59 Å². The van der Waals surface area contributed by atoms with E-state index in [1.54, 1.807) is 38.0 Å². The highest BCUT2D eigenvalue weighted by Crippen LogP contribution is 2.12. The number of benzene rings is 1. The SMILES string of the molecule is C[C@H](Oc1ccn(-c2ccccc2)n1)C(=O)NCC(=O)N(C)C. The van der Waals surface area contributed by atoms with E-state index in [0.717, 1.165) is 5.69 Å². The molecule has 1 aromatic heterocycles. The second kappa shape index (κ2) is 7.44.